The zero-order valence-electron chi connectivity index (χ0n) is 10.3. The molecule has 92 valence electrons. The van der Waals surface area contributed by atoms with Crippen LogP contribution < -0.4 is 0 Å². The molecule has 5 nitrogen and oxygen atoms in total. The number of hydrogen-bond donors (Lipinski definition) is 1. The first-order valence-electron chi connectivity index (χ1n) is 5.61. The van der Waals surface area contributed by atoms with Crippen LogP contribution in [0.5, 0.6) is 0 Å². The quantitative estimate of drug-likeness (QED) is 0.835. The van der Waals surface area contributed by atoms with Gasteiger partial charge in [-0.15, -0.1) is 0 Å². The van der Waals surface area contributed by atoms with E-state index in [2.05, 4.69) is 9.97 Å². The minimum absolute atomic E-state index is 0.353. The predicted octanol–water partition coefficient (Wildman–Crippen LogP) is 1.22. The number of aryl methyl sites for hydroxylation is 1. The van der Waals surface area contributed by atoms with Crippen molar-refractivity contribution in [2.24, 2.45) is 0 Å². The SMILES string of the molecule is Cc1nc(C(C)(C)C(=O)O)nc2c1CCOC2. The van der Waals surface area contributed by atoms with Crippen molar-refractivity contribution in [3.8, 4) is 0 Å². The van der Waals surface area contributed by atoms with Crippen molar-refractivity contribution in [2.45, 2.75) is 39.2 Å². The van der Waals surface area contributed by atoms with Crippen LogP contribution in [0.3, 0.4) is 0 Å². The maximum atomic E-state index is 11.2. The van der Waals surface area contributed by atoms with Gasteiger partial charge in [0.1, 0.15) is 11.2 Å². The van der Waals surface area contributed by atoms with Gasteiger partial charge in [0.25, 0.3) is 0 Å². The van der Waals surface area contributed by atoms with Crippen molar-refractivity contribution in [1.29, 1.82) is 0 Å². The summed E-state index contributed by atoms with van der Waals surface area (Å²) in [5, 5.41) is 9.18. The molecule has 0 saturated heterocycles. The molecule has 1 aromatic heterocycles. The van der Waals surface area contributed by atoms with Gasteiger partial charge in [-0.25, -0.2) is 9.97 Å². The van der Waals surface area contributed by atoms with Gasteiger partial charge in [-0.2, -0.15) is 0 Å². The fourth-order valence-electron chi connectivity index (χ4n) is 1.82. The molecule has 1 aliphatic heterocycles. The summed E-state index contributed by atoms with van der Waals surface area (Å²) in [6, 6.07) is 0. The van der Waals surface area contributed by atoms with Crippen LogP contribution in [-0.2, 0) is 28.0 Å². The highest BCUT2D eigenvalue weighted by molar-refractivity contribution is 5.79. The molecule has 0 saturated carbocycles. The Labute approximate surface area is 99.9 Å². The third-order valence-electron chi connectivity index (χ3n) is 3.13. The van der Waals surface area contributed by atoms with Crippen LogP contribution >= 0.6 is 0 Å². The molecule has 0 spiro atoms. The lowest BCUT2D eigenvalue weighted by Gasteiger charge is -2.23. The Balaban J connectivity index is 2.51. The second-order valence-corrected chi connectivity index (χ2v) is 4.79. The number of nitrogens with zero attached hydrogens (tertiary/aromatic N) is 2. The zero-order valence-corrected chi connectivity index (χ0v) is 10.3. The maximum Gasteiger partial charge on any atom is 0.316 e. The molecule has 2 heterocycles. The van der Waals surface area contributed by atoms with Crippen molar-refractivity contribution in [2.75, 3.05) is 6.61 Å². The minimum atomic E-state index is -1.07. The van der Waals surface area contributed by atoms with Gasteiger partial charge in [0.05, 0.1) is 18.9 Å². The predicted molar refractivity (Wildman–Crippen MR) is 60.8 cm³/mol. The molecule has 5 heteroatoms. The van der Waals surface area contributed by atoms with E-state index in [1.165, 1.54) is 0 Å². The van der Waals surface area contributed by atoms with Gasteiger partial charge in [0.2, 0.25) is 0 Å². The van der Waals surface area contributed by atoms with E-state index in [9.17, 15) is 9.90 Å². The number of carboxylic acids is 1. The van der Waals surface area contributed by atoms with Crippen LogP contribution in [0.15, 0.2) is 0 Å². The van der Waals surface area contributed by atoms with Gasteiger partial charge in [0.15, 0.2) is 0 Å². The largest absolute Gasteiger partial charge is 0.481 e. The van der Waals surface area contributed by atoms with E-state index in [1.807, 2.05) is 6.92 Å². The molecule has 0 atom stereocenters. The Morgan fingerprint density at radius 3 is 2.76 bits per heavy atom. The van der Waals surface area contributed by atoms with Crippen LogP contribution in [0.1, 0.15) is 36.6 Å². The number of fused-ring (bicyclic) bond motifs is 1. The molecule has 0 aromatic carbocycles. The Hall–Kier alpha value is -1.49. The summed E-state index contributed by atoms with van der Waals surface area (Å²) in [6.07, 6.45) is 0.801. The standard InChI is InChI=1S/C12H16N2O3/c1-7-8-4-5-17-6-9(8)14-10(13-7)12(2,3)11(15)16/h4-6H2,1-3H3,(H,15,16). The lowest BCUT2D eigenvalue weighted by molar-refractivity contribution is -0.142. The van der Waals surface area contributed by atoms with E-state index in [-0.39, 0.29) is 0 Å². The third-order valence-corrected chi connectivity index (χ3v) is 3.13. The van der Waals surface area contributed by atoms with Crippen LogP contribution in [0.4, 0.5) is 0 Å². The van der Waals surface area contributed by atoms with Gasteiger partial charge in [-0.3, -0.25) is 4.79 Å². The number of carbonyl (C=O) groups is 1. The summed E-state index contributed by atoms with van der Waals surface area (Å²) in [5.41, 5.74) is 1.72. The zero-order chi connectivity index (χ0) is 12.6. The third kappa shape index (κ3) is 2.02. The smallest absolute Gasteiger partial charge is 0.316 e. The van der Waals surface area contributed by atoms with Crippen LogP contribution in [0.2, 0.25) is 0 Å². The molecular weight excluding hydrogens is 220 g/mol. The van der Waals surface area contributed by atoms with Gasteiger partial charge < -0.3 is 9.84 Å². The number of carboxylic acid groups (broad SMARTS) is 1. The molecule has 2 rings (SSSR count). The van der Waals surface area contributed by atoms with Crippen molar-refractivity contribution in [3.63, 3.8) is 0 Å². The molecule has 0 amide bonds. The van der Waals surface area contributed by atoms with Gasteiger partial charge in [0, 0.05) is 5.69 Å². The second kappa shape index (κ2) is 4.07. The topological polar surface area (TPSA) is 72.3 Å². The molecule has 0 aliphatic carbocycles. The highest BCUT2D eigenvalue weighted by atomic mass is 16.5. The van der Waals surface area contributed by atoms with Crippen LogP contribution in [0.25, 0.3) is 0 Å². The van der Waals surface area contributed by atoms with E-state index in [4.69, 9.17) is 4.74 Å². The summed E-state index contributed by atoms with van der Waals surface area (Å²) in [7, 11) is 0. The maximum absolute atomic E-state index is 11.2. The van der Waals surface area contributed by atoms with Crippen molar-refractivity contribution >= 4 is 5.97 Å². The van der Waals surface area contributed by atoms with Crippen molar-refractivity contribution < 1.29 is 14.6 Å². The number of ether oxygens (including phenoxy) is 1. The average molecular weight is 236 g/mol. The van der Waals surface area contributed by atoms with Crippen LogP contribution in [-0.4, -0.2) is 27.7 Å². The molecule has 0 bridgehead atoms. The van der Waals surface area contributed by atoms with Gasteiger partial charge in [-0.1, -0.05) is 0 Å². The monoisotopic (exact) mass is 236 g/mol. The molecule has 0 radical (unpaired) electrons. The molecule has 1 N–H and O–H groups in total. The van der Waals surface area contributed by atoms with E-state index in [0.717, 1.165) is 23.4 Å². The summed E-state index contributed by atoms with van der Waals surface area (Å²) < 4.78 is 5.34. The number of aromatic nitrogens is 2. The molecule has 0 unspecified atom stereocenters. The van der Waals surface area contributed by atoms with E-state index in [1.54, 1.807) is 13.8 Å². The molecule has 1 aromatic rings. The van der Waals surface area contributed by atoms with Crippen molar-refractivity contribution in [1.82, 2.24) is 9.97 Å². The number of hydrogen-bond acceptors (Lipinski definition) is 4. The van der Waals surface area contributed by atoms with E-state index < -0.39 is 11.4 Å². The van der Waals surface area contributed by atoms with E-state index in [0.29, 0.717) is 19.0 Å². The van der Waals surface area contributed by atoms with Gasteiger partial charge >= 0.3 is 5.97 Å². The van der Waals surface area contributed by atoms with Crippen molar-refractivity contribution in [3.05, 3.63) is 22.8 Å². The van der Waals surface area contributed by atoms with Gasteiger partial charge in [-0.05, 0) is 32.8 Å². The second-order valence-electron chi connectivity index (χ2n) is 4.79. The Kier molecular flexibility index (Phi) is 2.87. The fourth-order valence-corrected chi connectivity index (χ4v) is 1.82. The number of aliphatic carboxylic acids is 1. The Morgan fingerprint density at radius 1 is 1.41 bits per heavy atom. The normalized spacial score (nSPS) is 15.5. The lowest BCUT2D eigenvalue weighted by atomic mass is 9.92. The molecule has 0 fully saturated rings. The lowest BCUT2D eigenvalue weighted by Crippen LogP contribution is -2.32. The minimum Gasteiger partial charge on any atom is -0.481 e. The average Bonchev–Trinajstić information content (AvgIpc) is 2.28. The summed E-state index contributed by atoms with van der Waals surface area (Å²) in [4.78, 5) is 19.9. The number of rotatable bonds is 2. The molecule has 17 heavy (non-hydrogen) atoms. The first-order chi connectivity index (χ1) is 7.93. The van der Waals surface area contributed by atoms with E-state index >= 15 is 0 Å². The first-order valence-corrected chi connectivity index (χ1v) is 5.61. The highest BCUT2D eigenvalue weighted by Gasteiger charge is 2.34. The molecular formula is C12H16N2O3. The summed E-state index contributed by atoms with van der Waals surface area (Å²) in [5.74, 6) is -0.569. The highest BCUT2D eigenvalue weighted by Crippen LogP contribution is 2.24. The molecule has 1 aliphatic rings. The Bertz CT molecular complexity index is 469. The first kappa shape index (κ1) is 12.0. The summed E-state index contributed by atoms with van der Waals surface area (Å²) >= 11 is 0. The fraction of sp³-hybridized carbons (Fsp3) is 0.583. The summed E-state index contributed by atoms with van der Waals surface area (Å²) in [6.45, 7) is 6.24. The van der Waals surface area contributed by atoms with Crippen LogP contribution in [0, 0.1) is 6.92 Å². The Morgan fingerprint density at radius 2 is 2.12 bits per heavy atom.